The third kappa shape index (κ3) is 1.10. The van der Waals surface area contributed by atoms with Crippen LogP contribution < -0.4 is 0 Å². The van der Waals surface area contributed by atoms with E-state index in [4.69, 9.17) is 10.2 Å². The molecule has 2 saturated carbocycles. The van der Waals surface area contributed by atoms with Crippen molar-refractivity contribution in [3.8, 4) is 0 Å². The Morgan fingerprint density at radius 2 is 1.88 bits per heavy atom. The maximum Gasteiger partial charge on any atom is 0.310 e. The molecule has 3 aliphatic carbocycles. The van der Waals surface area contributed by atoms with Gasteiger partial charge < -0.3 is 10.2 Å². The van der Waals surface area contributed by atoms with Gasteiger partial charge in [-0.15, -0.1) is 0 Å². The van der Waals surface area contributed by atoms with Gasteiger partial charge in [-0.1, -0.05) is 11.6 Å². The smallest absolute Gasteiger partial charge is 0.310 e. The fourth-order valence-electron chi connectivity index (χ4n) is 4.06. The highest BCUT2D eigenvalue weighted by Crippen LogP contribution is 2.59. The Morgan fingerprint density at radius 3 is 2.50 bits per heavy atom. The molecule has 16 heavy (non-hydrogen) atoms. The van der Waals surface area contributed by atoms with E-state index >= 15 is 0 Å². The second-order valence-electron chi connectivity index (χ2n) is 5.19. The van der Waals surface area contributed by atoms with Crippen LogP contribution in [-0.2, 0) is 9.59 Å². The van der Waals surface area contributed by atoms with E-state index in [1.54, 1.807) is 0 Å². The van der Waals surface area contributed by atoms with E-state index in [2.05, 4.69) is 0 Å². The van der Waals surface area contributed by atoms with Crippen LogP contribution in [-0.4, -0.2) is 22.2 Å². The number of fused-ring (bicyclic) bond motifs is 5. The molecule has 0 spiro atoms. The number of rotatable bonds is 2. The molecule has 3 rings (SSSR count). The van der Waals surface area contributed by atoms with Gasteiger partial charge in [-0.3, -0.25) is 9.59 Å². The minimum absolute atomic E-state index is 0.137. The van der Waals surface area contributed by atoms with Gasteiger partial charge in [0.2, 0.25) is 0 Å². The maximum atomic E-state index is 11.1. The lowest BCUT2D eigenvalue weighted by Gasteiger charge is -2.26. The number of carbonyl (C=O) groups is 2. The number of carboxylic acid groups (broad SMARTS) is 2. The molecule has 2 N–H and O–H groups in total. The Labute approximate surface area is 93.0 Å². The second-order valence-corrected chi connectivity index (χ2v) is 5.19. The first kappa shape index (κ1) is 9.87. The number of aliphatic carboxylic acids is 2. The average molecular weight is 222 g/mol. The molecular weight excluding hydrogens is 208 g/mol. The molecule has 0 aromatic heterocycles. The molecule has 5 atom stereocenters. The average Bonchev–Trinajstić information content (AvgIpc) is 2.87. The number of hydrogen-bond acceptors (Lipinski definition) is 2. The van der Waals surface area contributed by atoms with E-state index < -0.39 is 11.9 Å². The SMILES string of the molecule is O=C(O)C1C=C2CC1C1CCC(C(=O)O)C21. The zero-order valence-electron chi connectivity index (χ0n) is 8.80. The standard InChI is InChI=1S/C12H14O4/c13-11(14)7-2-1-6-8-3-5(10(6)7)4-9(8)12(15)16/h4,6-10H,1-3H2,(H,13,14)(H,15,16). The Morgan fingerprint density at radius 1 is 1.12 bits per heavy atom. The van der Waals surface area contributed by atoms with Crippen LogP contribution in [0.15, 0.2) is 11.6 Å². The second kappa shape index (κ2) is 3.09. The minimum Gasteiger partial charge on any atom is -0.481 e. The first-order chi connectivity index (χ1) is 7.59. The van der Waals surface area contributed by atoms with Gasteiger partial charge in [0, 0.05) is 0 Å². The molecule has 0 radical (unpaired) electrons. The number of carboxylic acids is 2. The normalized spacial score (nSPS) is 44.2. The van der Waals surface area contributed by atoms with Gasteiger partial charge >= 0.3 is 11.9 Å². The van der Waals surface area contributed by atoms with Crippen LogP contribution in [0, 0.1) is 29.6 Å². The van der Waals surface area contributed by atoms with E-state index in [9.17, 15) is 9.59 Å². The summed E-state index contributed by atoms with van der Waals surface area (Å²) in [5.74, 6) is -1.48. The largest absolute Gasteiger partial charge is 0.481 e. The van der Waals surface area contributed by atoms with Gasteiger partial charge in [0.05, 0.1) is 11.8 Å². The van der Waals surface area contributed by atoms with Gasteiger partial charge in [0.25, 0.3) is 0 Å². The minimum atomic E-state index is -0.753. The first-order valence-electron chi connectivity index (χ1n) is 5.76. The summed E-state index contributed by atoms with van der Waals surface area (Å²) in [7, 11) is 0. The lowest BCUT2D eigenvalue weighted by atomic mass is 9.78. The monoisotopic (exact) mass is 222 g/mol. The van der Waals surface area contributed by atoms with Gasteiger partial charge in [0.1, 0.15) is 0 Å². The number of allylic oxidation sites excluding steroid dienone is 1. The van der Waals surface area contributed by atoms with Gasteiger partial charge in [-0.25, -0.2) is 0 Å². The Kier molecular flexibility index (Phi) is 1.91. The van der Waals surface area contributed by atoms with Crippen LogP contribution in [0.4, 0.5) is 0 Å². The molecule has 4 nitrogen and oxygen atoms in total. The van der Waals surface area contributed by atoms with Crippen molar-refractivity contribution >= 4 is 11.9 Å². The zero-order chi connectivity index (χ0) is 11.4. The molecule has 0 heterocycles. The van der Waals surface area contributed by atoms with E-state index in [-0.39, 0.29) is 23.7 Å². The highest BCUT2D eigenvalue weighted by molar-refractivity contribution is 5.76. The lowest BCUT2D eigenvalue weighted by Crippen LogP contribution is -2.29. The molecule has 0 aliphatic heterocycles. The Bertz CT molecular complexity index is 398. The summed E-state index contributed by atoms with van der Waals surface area (Å²) >= 11 is 0. The summed E-state index contributed by atoms with van der Waals surface area (Å²) < 4.78 is 0. The van der Waals surface area contributed by atoms with Crippen molar-refractivity contribution in [2.45, 2.75) is 19.3 Å². The first-order valence-corrected chi connectivity index (χ1v) is 5.76. The summed E-state index contributed by atoms with van der Waals surface area (Å²) in [5.41, 5.74) is 1.10. The molecule has 2 bridgehead atoms. The Balaban J connectivity index is 1.92. The molecular formula is C12H14O4. The van der Waals surface area contributed by atoms with Crippen molar-refractivity contribution in [2.75, 3.05) is 0 Å². The quantitative estimate of drug-likeness (QED) is 0.692. The fraction of sp³-hybridized carbons (Fsp3) is 0.667. The number of hydrogen-bond donors (Lipinski definition) is 2. The van der Waals surface area contributed by atoms with Crippen LogP contribution in [0.2, 0.25) is 0 Å². The van der Waals surface area contributed by atoms with E-state index in [0.29, 0.717) is 12.3 Å². The highest BCUT2D eigenvalue weighted by Gasteiger charge is 2.56. The summed E-state index contributed by atoms with van der Waals surface area (Å²) in [5, 5.41) is 18.2. The molecule has 4 heteroatoms. The van der Waals surface area contributed by atoms with E-state index in [1.807, 2.05) is 6.08 Å². The lowest BCUT2D eigenvalue weighted by molar-refractivity contribution is -0.142. The van der Waals surface area contributed by atoms with Crippen molar-refractivity contribution in [3.05, 3.63) is 11.6 Å². The highest BCUT2D eigenvalue weighted by atomic mass is 16.4. The van der Waals surface area contributed by atoms with Crippen LogP contribution in [0.25, 0.3) is 0 Å². The maximum absolute atomic E-state index is 11.1. The molecule has 3 aliphatic rings. The van der Waals surface area contributed by atoms with E-state index in [0.717, 1.165) is 18.4 Å². The van der Waals surface area contributed by atoms with Crippen LogP contribution in [0.3, 0.4) is 0 Å². The third-order valence-corrected chi connectivity index (χ3v) is 4.61. The molecule has 0 amide bonds. The molecule has 0 aromatic carbocycles. The summed E-state index contributed by atoms with van der Waals surface area (Å²) in [6, 6.07) is 0. The van der Waals surface area contributed by atoms with Crippen molar-refractivity contribution in [2.24, 2.45) is 29.6 Å². The third-order valence-electron chi connectivity index (χ3n) is 4.61. The van der Waals surface area contributed by atoms with E-state index in [1.165, 1.54) is 0 Å². The van der Waals surface area contributed by atoms with Crippen molar-refractivity contribution in [1.82, 2.24) is 0 Å². The Hall–Kier alpha value is -1.32. The van der Waals surface area contributed by atoms with Gasteiger partial charge in [-0.05, 0) is 37.0 Å². The molecule has 2 fully saturated rings. The van der Waals surface area contributed by atoms with Crippen molar-refractivity contribution in [3.63, 3.8) is 0 Å². The van der Waals surface area contributed by atoms with Crippen molar-refractivity contribution < 1.29 is 19.8 Å². The van der Waals surface area contributed by atoms with Gasteiger partial charge in [0.15, 0.2) is 0 Å². The zero-order valence-corrected chi connectivity index (χ0v) is 8.80. The molecule has 86 valence electrons. The summed E-state index contributed by atoms with van der Waals surface area (Å²) in [6.07, 6.45) is 4.23. The van der Waals surface area contributed by atoms with Crippen molar-refractivity contribution in [1.29, 1.82) is 0 Å². The predicted octanol–water partition coefficient (Wildman–Crippen LogP) is 1.37. The molecule has 0 saturated heterocycles. The van der Waals surface area contributed by atoms with Crippen LogP contribution >= 0.6 is 0 Å². The topological polar surface area (TPSA) is 74.6 Å². The molecule has 5 unspecified atom stereocenters. The summed E-state index contributed by atoms with van der Waals surface area (Å²) in [4.78, 5) is 22.1. The summed E-state index contributed by atoms with van der Waals surface area (Å²) in [6.45, 7) is 0. The predicted molar refractivity (Wildman–Crippen MR) is 54.7 cm³/mol. The molecule has 0 aromatic rings. The van der Waals surface area contributed by atoms with Crippen LogP contribution in [0.1, 0.15) is 19.3 Å². The fourth-order valence-corrected chi connectivity index (χ4v) is 4.06. The van der Waals surface area contributed by atoms with Crippen LogP contribution in [0.5, 0.6) is 0 Å². The van der Waals surface area contributed by atoms with Gasteiger partial charge in [-0.2, -0.15) is 0 Å².